The molecule has 2 aromatic carbocycles. The van der Waals surface area contributed by atoms with Gasteiger partial charge >= 0.3 is 0 Å². The third-order valence-electron chi connectivity index (χ3n) is 3.67. The molecule has 0 saturated carbocycles. The van der Waals surface area contributed by atoms with Crippen LogP contribution in [0.3, 0.4) is 0 Å². The molecule has 0 aliphatic rings. The third-order valence-corrected chi connectivity index (χ3v) is 3.67. The average molecular weight is 340 g/mol. The van der Waals surface area contributed by atoms with Crippen LogP contribution in [0.2, 0.25) is 0 Å². The number of ether oxygens (including phenoxy) is 1. The summed E-state index contributed by atoms with van der Waals surface area (Å²) in [5.41, 5.74) is 1.58. The molecule has 130 valence electrons. The number of phenolic OH excluding ortho intramolecular Hbond substituents is 2. The highest BCUT2D eigenvalue weighted by Crippen LogP contribution is 2.24. The summed E-state index contributed by atoms with van der Waals surface area (Å²) in [6.07, 6.45) is 3.55. The van der Waals surface area contributed by atoms with Crippen molar-refractivity contribution in [3.63, 3.8) is 0 Å². The fraction of sp³-hybridized carbons (Fsp3) is 0.200. The van der Waals surface area contributed by atoms with Gasteiger partial charge in [-0.15, -0.1) is 0 Å². The van der Waals surface area contributed by atoms with Crippen LogP contribution in [0.15, 0.2) is 48.5 Å². The van der Waals surface area contributed by atoms with E-state index in [1.807, 2.05) is 0 Å². The minimum Gasteiger partial charge on any atom is -0.508 e. The summed E-state index contributed by atoms with van der Waals surface area (Å²) >= 11 is 0. The van der Waals surface area contributed by atoms with Crippen molar-refractivity contribution in [2.45, 2.75) is 19.3 Å². The Kier molecular flexibility index (Phi) is 6.34. The summed E-state index contributed by atoms with van der Waals surface area (Å²) in [5.74, 6) is 0.277. The molecule has 0 spiro atoms. The van der Waals surface area contributed by atoms with Crippen molar-refractivity contribution in [1.29, 1.82) is 0 Å². The molecule has 0 aromatic heterocycles. The van der Waals surface area contributed by atoms with Crippen LogP contribution in [0, 0.1) is 0 Å². The highest BCUT2D eigenvalue weighted by molar-refractivity contribution is 6.06. The van der Waals surface area contributed by atoms with Crippen molar-refractivity contribution >= 4 is 17.6 Å². The van der Waals surface area contributed by atoms with E-state index in [2.05, 4.69) is 0 Å². The Morgan fingerprint density at radius 1 is 1.04 bits per heavy atom. The van der Waals surface area contributed by atoms with Crippen molar-refractivity contribution < 1.29 is 24.5 Å². The molecule has 0 saturated heterocycles. The Hall–Kier alpha value is -3.08. The summed E-state index contributed by atoms with van der Waals surface area (Å²) in [5, 5.41) is 18.6. The topological polar surface area (TPSA) is 83.8 Å². The van der Waals surface area contributed by atoms with Crippen LogP contribution < -0.4 is 4.74 Å². The number of phenols is 2. The molecule has 0 atom stereocenters. The molecule has 0 bridgehead atoms. The molecule has 2 rings (SSSR count). The fourth-order valence-electron chi connectivity index (χ4n) is 2.31. The molecule has 0 aliphatic heterocycles. The van der Waals surface area contributed by atoms with Gasteiger partial charge in [0.1, 0.15) is 23.0 Å². The van der Waals surface area contributed by atoms with Crippen molar-refractivity contribution in [3.8, 4) is 17.2 Å². The van der Waals surface area contributed by atoms with Gasteiger partial charge in [0.25, 0.3) is 0 Å². The van der Waals surface area contributed by atoms with Crippen LogP contribution in [0.1, 0.15) is 24.0 Å². The van der Waals surface area contributed by atoms with E-state index in [0.29, 0.717) is 17.7 Å². The van der Waals surface area contributed by atoms with Gasteiger partial charge in [-0.25, -0.2) is 0 Å². The smallest absolute Gasteiger partial charge is 0.163 e. The zero-order valence-electron chi connectivity index (χ0n) is 13.9. The SMILES string of the molecule is COc1cc(O)ccc1C=CC(=O)CC(=O)CCc1ccc(O)cc1. The number of ketones is 2. The summed E-state index contributed by atoms with van der Waals surface area (Å²) in [4.78, 5) is 23.8. The van der Waals surface area contributed by atoms with Gasteiger partial charge < -0.3 is 14.9 Å². The maximum absolute atomic E-state index is 11.9. The zero-order valence-corrected chi connectivity index (χ0v) is 13.9. The number of benzene rings is 2. The highest BCUT2D eigenvalue weighted by Gasteiger charge is 2.08. The van der Waals surface area contributed by atoms with Gasteiger partial charge in [0.05, 0.1) is 13.5 Å². The molecule has 2 N–H and O–H groups in total. The predicted molar refractivity (Wildman–Crippen MR) is 94.8 cm³/mol. The maximum Gasteiger partial charge on any atom is 0.163 e. The molecule has 5 heteroatoms. The Bertz CT molecular complexity index is 775. The van der Waals surface area contributed by atoms with E-state index in [9.17, 15) is 19.8 Å². The number of carbonyl (C=O) groups excluding carboxylic acids is 2. The Balaban J connectivity index is 1.86. The van der Waals surface area contributed by atoms with Crippen LogP contribution in [0.5, 0.6) is 17.2 Å². The lowest BCUT2D eigenvalue weighted by molar-refractivity contribution is -0.124. The van der Waals surface area contributed by atoms with Gasteiger partial charge in [-0.05, 0) is 48.4 Å². The lowest BCUT2D eigenvalue weighted by Crippen LogP contribution is -2.06. The molecule has 0 aliphatic carbocycles. The summed E-state index contributed by atoms with van der Waals surface area (Å²) in [6.45, 7) is 0. The number of rotatable bonds is 8. The number of aryl methyl sites for hydroxylation is 1. The van der Waals surface area contributed by atoms with E-state index in [1.165, 1.54) is 25.3 Å². The summed E-state index contributed by atoms with van der Waals surface area (Å²) < 4.78 is 5.13. The zero-order chi connectivity index (χ0) is 18.2. The van der Waals surface area contributed by atoms with Crippen molar-refractivity contribution in [3.05, 3.63) is 59.7 Å². The standard InChI is InChI=1S/C20H20O5/c1-25-20-13-19(24)11-6-15(20)5-10-18(23)12-17(22)9-4-14-2-7-16(21)8-3-14/h2-3,5-8,10-11,13,21,24H,4,9,12H2,1H3. The number of methoxy groups -OCH3 is 1. The third kappa shape index (κ3) is 5.80. The van der Waals surface area contributed by atoms with Crippen molar-refractivity contribution in [2.75, 3.05) is 7.11 Å². The Morgan fingerprint density at radius 3 is 2.40 bits per heavy atom. The first-order valence-electron chi connectivity index (χ1n) is 7.85. The van der Waals surface area contributed by atoms with E-state index >= 15 is 0 Å². The number of Topliss-reactive ketones (excluding diaryl/α,β-unsaturated/α-hetero) is 1. The average Bonchev–Trinajstić information content (AvgIpc) is 2.60. The minimum absolute atomic E-state index is 0.0738. The molecule has 0 heterocycles. The van der Waals surface area contributed by atoms with Crippen LogP contribution in [-0.4, -0.2) is 28.9 Å². The molecule has 0 fully saturated rings. The number of aromatic hydroxyl groups is 2. The van der Waals surface area contributed by atoms with E-state index in [1.54, 1.807) is 36.4 Å². The first-order chi connectivity index (χ1) is 12.0. The first kappa shape index (κ1) is 18.3. The van der Waals surface area contributed by atoms with E-state index < -0.39 is 0 Å². The second-order valence-corrected chi connectivity index (χ2v) is 5.61. The highest BCUT2D eigenvalue weighted by atomic mass is 16.5. The summed E-state index contributed by atoms with van der Waals surface area (Å²) in [6, 6.07) is 11.2. The Morgan fingerprint density at radius 2 is 1.72 bits per heavy atom. The van der Waals surface area contributed by atoms with Gasteiger partial charge in [-0.3, -0.25) is 9.59 Å². The number of allylic oxidation sites excluding steroid dienone is 1. The fourth-order valence-corrected chi connectivity index (χ4v) is 2.31. The Labute approximate surface area is 146 Å². The van der Waals surface area contributed by atoms with Gasteiger partial charge in [-0.1, -0.05) is 12.1 Å². The number of carbonyl (C=O) groups is 2. The lowest BCUT2D eigenvalue weighted by atomic mass is 10.0. The maximum atomic E-state index is 11.9. The molecular weight excluding hydrogens is 320 g/mol. The molecular formula is C20H20O5. The van der Waals surface area contributed by atoms with Crippen LogP contribution in [-0.2, 0) is 16.0 Å². The van der Waals surface area contributed by atoms with E-state index in [-0.39, 0.29) is 35.9 Å². The van der Waals surface area contributed by atoms with Crippen LogP contribution >= 0.6 is 0 Å². The van der Waals surface area contributed by atoms with Gasteiger partial charge in [0.15, 0.2) is 5.78 Å². The molecule has 0 amide bonds. The second-order valence-electron chi connectivity index (χ2n) is 5.61. The quantitative estimate of drug-likeness (QED) is 0.569. The summed E-state index contributed by atoms with van der Waals surface area (Å²) in [7, 11) is 1.47. The monoisotopic (exact) mass is 340 g/mol. The largest absolute Gasteiger partial charge is 0.508 e. The number of hydrogen-bond acceptors (Lipinski definition) is 5. The van der Waals surface area contributed by atoms with Gasteiger partial charge in [0.2, 0.25) is 0 Å². The molecule has 0 radical (unpaired) electrons. The normalized spacial score (nSPS) is 10.8. The van der Waals surface area contributed by atoms with Gasteiger partial charge in [0, 0.05) is 18.1 Å². The van der Waals surface area contributed by atoms with Crippen molar-refractivity contribution in [2.24, 2.45) is 0 Å². The van der Waals surface area contributed by atoms with Crippen LogP contribution in [0.25, 0.3) is 6.08 Å². The van der Waals surface area contributed by atoms with Crippen LogP contribution in [0.4, 0.5) is 0 Å². The molecule has 25 heavy (non-hydrogen) atoms. The van der Waals surface area contributed by atoms with Crippen molar-refractivity contribution in [1.82, 2.24) is 0 Å². The van der Waals surface area contributed by atoms with E-state index in [0.717, 1.165) is 5.56 Å². The molecule has 5 nitrogen and oxygen atoms in total. The van der Waals surface area contributed by atoms with Gasteiger partial charge in [-0.2, -0.15) is 0 Å². The molecule has 2 aromatic rings. The second kappa shape index (κ2) is 8.68. The minimum atomic E-state index is -0.286. The van der Waals surface area contributed by atoms with E-state index in [4.69, 9.17) is 4.74 Å². The molecule has 0 unspecified atom stereocenters. The lowest BCUT2D eigenvalue weighted by Gasteiger charge is -2.04. The predicted octanol–water partition coefficient (Wildman–Crippen LogP) is 3.28. The first-order valence-corrected chi connectivity index (χ1v) is 7.85. The number of hydrogen-bond donors (Lipinski definition) is 2.